The van der Waals surface area contributed by atoms with Gasteiger partial charge in [0.05, 0.1) is 6.54 Å². The van der Waals surface area contributed by atoms with Crippen LogP contribution >= 0.6 is 0 Å². The molecule has 0 amide bonds. The second-order valence-electron chi connectivity index (χ2n) is 4.82. The molecule has 0 heterocycles. The van der Waals surface area contributed by atoms with Crippen molar-refractivity contribution in [1.29, 1.82) is 0 Å². The highest BCUT2D eigenvalue weighted by atomic mass is 16.3. The number of ketones is 1. The fourth-order valence-corrected chi connectivity index (χ4v) is 2.04. The number of nitrogens with zero attached hydrogens (tertiary/aromatic N) is 1. The molecule has 0 spiro atoms. The van der Waals surface area contributed by atoms with Crippen LogP contribution in [0.3, 0.4) is 0 Å². The van der Waals surface area contributed by atoms with E-state index in [9.17, 15) is 15.0 Å². The number of Topliss-reactive ketones (excluding diaryl/α,β-unsaturated/α-hetero) is 1. The Kier molecular flexibility index (Phi) is 4.38. The molecular weight excluding hydrogens is 254 g/mol. The molecule has 2 rings (SSSR count). The van der Waals surface area contributed by atoms with Gasteiger partial charge in [-0.2, -0.15) is 0 Å². The Bertz CT molecular complexity index is 576. The number of aromatic hydroxyl groups is 2. The van der Waals surface area contributed by atoms with Gasteiger partial charge in [-0.05, 0) is 24.7 Å². The number of carbonyl (C=O) groups excluding carboxylic acids is 1. The number of hydrogen-bond acceptors (Lipinski definition) is 4. The van der Waals surface area contributed by atoms with E-state index in [1.807, 2.05) is 42.3 Å². The third-order valence-corrected chi connectivity index (χ3v) is 2.93. The lowest BCUT2D eigenvalue weighted by molar-refractivity contribution is 0.0942. The molecule has 0 saturated carbocycles. The minimum Gasteiger partial charge on any atom is -0.508 e. The van der Waals surface area contributed by atoms with Crippen LogP contribution in [0, 0.1) is 0 Å². The van der Waals surface area contributed by atoms with Crippen molar-refractivity contribution < 1.29 is 15.0 Å². The van der Waals surface area contributed by atoms with Gasteiger partial charge in [-0.25, -0.2) is 0 Å². The molecule has 0 radical (unpaired) electrons. The molecule has 0 aromatic heterocycles. The first-order valence-electron chi connectivity index (χ1n) is 6.33. The molecule has 0 bridgehead atoms. The first-order valence-corrected chi connectivity index (χ1v) is 6.33. The Morgan fingerprint density at radius 2 is 1.65 bits per heavy atom. The lowest BCUT2D eigenvalue weighted by Crippen LogP contribution is -2.25. The summed E-state index contributed by atoms with van der Waals surface area (Å²) in [4.78, 5) is 14.0. The molecule has 0 saturated heterocycles. The molecule has 0 fully saturated rings. The molecule has 0 aliphatic heterocycles. The smallest absolute Gasteiger partial charge is 0.177 e. The normalized spacial score (nSPS) is 10.7. The molecular formula is C16H17NO3. The Balaban J connectivity index is 2.00. The second-order valence-corrected chi connectivity index (χ2v) is 4.82. The number of carbonyl (C=O) groups is 1. The number of phenolic OH excluding ortho intramolecular Hbond substituents is 2. The summed E-state index contributed by atoms with van der Waals surface area (Å²) in [5.74, 6) is -0.368. The first-order chi connectivity index (χ1) is 9.54. The van der Waals surface area contributed by atoms with Crippen molar-refractivity contribution in [1.82, 2.24) is 4.90 Å². The van der Waals surface area contributed by atoms with E-state index in [1.54, 1.807) is 0 Å². The highest BCUT2D eigenvalue weighted by Crippen LogP contribution is 2.20. The summed E-state index contributed by atoms with van der Waals surface area (Å²) < 4.78 is 0. The maximum atomic E-state index is 12.1. The molecule has 0 unspecified atom stereocenters. The molecule has 104 valence electrons. The third kappa shape index (κ3) is 3.83. The van der Waals surface area contributed by atoms with E-state index in [0.29, 0.717) is 12.1 Å². The van der Waals surface area contributed by atoms with Crippen LogP contribution in [-0.4, -0.2) is 34.5 Å². The summed E-state index contributed by atoms with van der Waals surface area (Å²) in [6.07, 6.45) is 0. The third-order valence-electron chi connectivity index (χ3n) is 2.93. The number of hydrogen-bond donors (Lipinski definition) is 2. The zero-order valence-corrected chi connectivity index (χ0v) is 11.3. The summed E-state index contributed by atoms with van der Waals surface area (Å²) in [5, 5.41) is 18.8. The van der Waals surface area contributed by atoms with Crippen molar-refractivity contribution >= 4 is 5.78 Å². The van der Waals surface area contributed by atoms with Crippen molar-refractivity contribution in [3.05, 3.63) is 59.7 Å². The van der Waals surface area contributed by atoms with Crippen molar-refractivity contribution in [2.75, 3.05) is 13.6 Å². The van der Waals surface area contributed by atoms with Crippen molar-refractivity contribution in [3.63, 3.8) is 0 Å². The van der Waals surface area contributed by atoms with Crippen LogP contribution < -0.4 is 0 Å². The SMILES string of the molecule is CN(CC(=O)c1cc(O)cc(O)c1)Cc1ccccc1. The Morgan fingerprint density at radius 3 is 2.25 bits per heavy atom. The quantitative estimate of drug-likeness (QED) is 0.820. The molecule has 2 aromatic rings. The highest BCUT2D eigenvalue weighted by Gasteiger charge is 2.11. The predicted molar refractivity (Wildman–Crippen MR) is 76.9 cm³/mol. The van der Waals surface area contributed by atoms with Gasteiger partial charge in [-0.15, -0.1) is 0 Å². The van der Waals surface area contributed by atoms with E-state index in [1.165, 1.54) is 18.2 Å². The average Bonchev–Trinajstić information content (AvgIpc) is 2.38. The minimum atomic E-state index is -0.144. The Labute approximate surface area is 117 Å². The maximum Gasteiger partial charge on any atom is 0.177 e. The van der Waals surface area contributed by atoms with Crippen LogP contribution in [0.15, 0.2) is 48.5 Å². The summed E-state index contributed by atoms with van der Waals surface area (Å²) in [7, 11) is 1.85. The maximum absolute atomic E-state index is 12.1. The molecule has 0 aliphatic carbocycles. The average molecular weight is 271 g/mol. The van der Waals surface area contributed by atoms with Crippen LogP contribution in [0.4, 0.5) is 0 Å². The zero-order valence-electron chi connectivity index (χ0n) is 11.3. The first kappa shape index (κ1) is 14.1. The lowest BCUT2D eigenvalue weighted by Gasteiger charge is -2.16. The van der Waals surface area contributed by atoms with Crippen LogP contribution in [-0.2, 0) is 6.54 Å². The van der Waals surface area contributed by atoms with E-state index >= 15 is 0 Å². The Morgan fingerprint density at radius 1 is 1.05 bits per heavy atom. The molecule has 4 nitrogen and oxygen atoms in total. The summed E-state index contributed by atoms with van der Waals surface area (Å²) in [5.41, 5.74) is 1.43. The van der Waals surface area contributed by atoms with Gasteiger partial charge in [0.15, 0.2) is 5.78 Å². The van der Waals surface area contributed by atoms with E-state index in [4.69, 9.17) is 0 Å². The van der Waals surface area contributed by atoms with Crippen LogP contribution in [0.2, 0.25) is 0 Å². The van der Waals surface area contributed by atoms with E-state index in [2.05, 4.69) is 0 Å². The van der Waals surface area contributed by atoms with Crippen molar-refractivity contribution in [3.8, 4) is 11.5 Å². The van der Waals surface area contributed by atoms with Gasteiger partial charge in [0.2, 0.25) is 0 Å². The van der Waals surface area contributed by atoms with Crippen molar-refractivity contribution in [2.45, 2.75) is 6.54 Å². The lowest BCUT2D eigenvalue weighted by atomic mass is 10.1. The zero-order chi connectivity index (χ0) is 14.5. The van der Waals surface area contributed by atoms with Crippen LogP contribution in [0.5, 0.6) is 11.5 Å². The van der Waals surface area contributed by atoms with Gasteiger partial charge >= 0.3 is 0 Å². The molecule has 0 aliphatic rings. The number of likely N-dealkylation sites (N-methyl/N-ethyl adjacent to an activating group) is 1. The second kappa shape index (κ2) is 6.21. The van der Waals surface area contributed by atoms with Crippen LogP contribution in [0.25, 0.3) is 0 Å². The predicted octanol–water partition coefficient (Wildman–Crippen LogP) is 2.41. The fraction of sp³-hybridized carbons (Fsp3) is 0.188. The molecule has 2 aromatic carbocycles. The fourth-order valence-electron chi connectivity index (χ4n) is 2.04. The van der Waals surface area contributed by atoms with E-state index in [0.717, 1.165) is 5.56 Å². The molecule has 0 atom stereocenters. The Hall–Kier alpha value is -2.33. The van der Waals surface area contributed by atoms with Gasteiger partial charge in [0.1, 0.15) is 11.5 Å². The number of benzene rings is 2. The molecule has 20 heavy (non-hydrogen) atoms. The van der Waals surface area contributed by atoms with Gasteiger partial charge in [0, 0.05) is 18.2 Å². The van der Waals surface area contributed by atoms with Gasteiger partial charge < -0.3 is 10.2 Å². The molecule has 4 heteroatoms. The highest BCUT2D eigenvalue weighted by molar-refractivity contribution is 5.98. The standard InChI is InChI=1S/C16H17NO3/c1-17(10-12-5-3-2-4-6-12)11-16(20)13-7-14(18)9-15(19)8-13/h2-9,18-19H,10-11H2,1H3. The van der Waals surface area contributed by atoms with Gasteiger partial charge in [-0.3, -0.25) is 9.69 Å². The largest absolute Gasteiger partial charge is 0.508 e. The van der Waals surface area contributed by atoms with Crippen LogP contribution in [0.1, 0.15) is 15.9 Å². The van der Waals surface area contributed by atoms with Gasteiger partial charge in [-0.1, -0.05) is 30.3 Å². The topological polar surface area (TPSA) is 60.8 Å². The monoisotopic (exact) mass is 271 g/mol. The summed E-state index contributed by atoms with van der Waals surface area (Å²) >= 11 is 0. The van der Waals surface area contributed by atoms with E-state index in [-0.39, 0.29) is 23.8 Å². The summed E-state index contributed by atoms with van der Waals surface area (Å²) in [6, 6.07) is 13.8. The summed E-state index contributed by atoms with van der Waals surface area (Å²) in [6.45, 7) is 0.884. The van der Waals surface area contributed by atoms with Crippen molar-refractivity contribution in [2.24, 2.45) is 0 Å². The van der Waals surface area contributed by atoms with E-state index < -0.39 is 0 Å². The number of rotatable bonds is 5. The number of phenols is 2. The minimum absolute atomic E-state index is 0.112. The molecule has 2 N–H and O–H groups in total. The van der Waals surface area contributed by atoms with Gasteiger partial charge in [0.25, 0.3) is 0 Å².